The van der Waals surface area contributed by atoms with Gasteiger partial charge in [0.05, 0.1) is 0 Å². The van der Waals surface area contributed by atoms with Crippen molar-refractivity contribution in [1.29, 1.82) is 0 Å². The number of nitrogens with zero attached hydrogens (tertiary/aromatic N) is 3. The summed E-state index contributed by atoms with van der Waals surface area (Å²) in [6.45, 7) is 3.97. The maximum Gasteiger partial charge on any atom is 0.162 e. The Morgan fingerprint density at radius 1 is 1.62 bits per heavy atom. The van der Waals surface area contributed by atoms with E-state index in [-0.39, 0.29) is 4.75 Å². The number of aliphatic hydroxyl groups is 1. The zero-order valence-electron chi connectivity index (χ0n) is 8.35. The first kappa shape index (κ1) is 10.5. The molecule has 1 aromatic heterocycles. The third-order valence-electron chi connectivity index (χ3n) is 2.18. The molecule has 1 aromatic rings. The van der Waals surface area contributed by atoms with Crippen molar-refractivity contribution in [2.24, 2.45) is 7.05 Å². The van der Waals surface area contributed by atoms with Crippen LogP contribution in [0.15, 0.2) is 6.33 Å². The summed E-state index contributed by atoms with van der Waals surface area (Å²) < 4.78 is 1.50. The van der Waals surface area contributed by atoms with Gasteiger partial charge in [-0.25, -0.2) is 0 Å². The third-order valence-corrected chi connectivity index (χ3v) is 3.45. The van der Waals surface area contributed by atoms with Gasteiger partial charge in [0.2, 0.25) is 0 Å². The lowest BCUT2D eigenvalue weighted by Gasteiger charge is -2.27. The Kier molecular flexibility index (Phi) is 2.98. The molecule has 13 heavy (non-hydrogen) atoms. The molecule has 1 atom stereocenters. The number of hydrogen-bond acceptors (Lipinski definition) is 4. The molecule has 0 aliphatic rings. The van der Waals surface area contributed by atoms with Crippen LogP contribution in [-0.2, 0) is 7.05 Å². The van der Waals surface area contributed by atoms with Crippen LogP contribution in [0.1, 0.15) is 25.8 Å². The SMILES string of the molecule is CSC(C)(C)C(O)c1nncn1C. The summed E-state index contributed by atoms with van der Waals surface area (Å²) in [4.78, 5) is 0. The Morgan fingerprint density at radius 2 is 2.23 bits per heavy atom. The van der Waals surface area contributed by atoms with Crippen LogP contribution < -0.4 is 0 Å². The lowest BCUT2D eigenvalue weighted by atomic mass is 10.1. The predicted octanol–water partition coefficient (Wildman–Crippen LogP) is 0.990. The largest absolute Gasteiger partial charge is 0.384 e. The molecule has 1 rings (SSSR count). The van der Waals surface area contributed by atoms with Gasteiger partial charge in [0, 0.05) is 11.8 Å². The molecule has 0 saturated carbocycles. The first-order valence-corrected chi connectivity index (χ1v) is 5.28. The van der Waals surface area contributed by atoms with Gasteiger partial charge in [-0.15, -0.1) is 10.2 Å². The van der Waals surface area contributed by atoms with Crippen molar-refractivity contribution in [2.75, 3.05) is 6.26 Å². The summed E-state index contributed by atoms with van der Waals surface area (Å²) in [6, 6.07) is 0. The van der Waals surface area contributed by atoms with Gasteiger partial charge in [-0.3, -0.25) is 0 Å². The standard InChI is InChI=1S/C8H15N3OS/c1-8(2,13-4)6(12)7-10-9-5-11(7)3/h5-6,12H,1-4H3. The molecule has 4 nitrogen and oxygen atoms in total. The topological polar surface area (TPSA) is 50.9 Å². The van der Waals surface area contributed by atoms with Crippen LogP contribution in [-0.4, -0.2) is 30.9 Å². The van der Waals surface area contributed by atoms with Crippen LogP contribution in [0.4, 0.5) is 0 Å². The predicted molar refractivity (Wildman–Crippen MR) is 53.6 cm³/mol. The van der Waals surface area contributed by atoms with E-state index in [9.17, 15) is 5.11 Å². The number of thioether (sulfide) groups is 1. The van der Waals surface area contributed by atoms with E-state index in [1.807, 2.05) is 27.2 Å². The van der Waals surface area contributed by atoms with Crippen molar-refractivity contribution in [2.45, 2.75) is 24.7 Å². The molecule has 0 amide bonds. The molecule has 0 bridgehead atoms. The molecule has 0 fully saturated rings. The second-order valence-electron chi connectivity index (χ2n) is 3.51. The lowest BCUT2D eigenvalue weighted by molar-refractivity contribution is 0.131. The second kappa shape index (κ2) is 3.67. The Morgan fingerprint density at radius 3 is 2.62 bits per heavy atom. The average molecular weight is 201 g/mol. The smallest absolute Gasteiger partial charge is 0.162 e. The Labute approximate surface area is 82.4 Å². The summed E-state index contributed by atoms with van der Waals surface area (Å²) in [6.07, 6.45) is 2.98. The van der Waals surface area contributed by atoms with Crippen molar-refractivity contribution < 1.29 is 5.11 Å². The summed E-state index contributed by atoms with van der Waals surface area (Å²) in [5.74, 6) is 0.611. The van der Waals surface area contributed by atoms with E-state index in [0.717, 1.165) is 0 Å². The van der Waals surface area contributed by atoms with Gasteiger partial charge in [-0.2, -0.15) is 11.8 Å². The summed E-state index contributed by atoms with van der Waals surface area (Å²) in [5.41, 5.74) is 0. The monoisotopic (exact) mass is 201 g/mol. The Bertz CT molecular complexity index is 285. The molecular weight excluding hydrogens is 186 g/mol. The van der Waals surface area contributed by atoms with Crippen molar-refractivity contribution in [1.82, 2.24) is 14.8 Å². The first-order chi connectivity index (χ1) is 5.99. The highest BCUT2D eigenvalue weighted by Gasteiger charge is 2.31. The number of aryl methyl sites for hydroxylation is 1. The fourth-order valence-corrected chi connectivity index (χ4v) is 1.29. The van der Waals surface area contributed by atoms with E-state index >= 15 is 0 Å². The quantitative estimate of drug-likeness (QED) is 0.792. The van der Waals surface area contributed by atoms with Gasteiger partial charge in [0.15, 0.2) is 5.82 Å². The zero-order chi connectivity index (χ0) is 10.1. The zero-order valence-corrected chi connectivity index (χ0v) is 9.17. The van der Waals surface area contributed by atoms with E-state index in [1.54, 1.807) is 22.7 Å². The van der Waals surface area contributed by atoms with E-state index in [2.05, 4.69) is 10.2 Å². The highest BCUT2D eigenvalue weighted by molar-refractivity contribution is 7.99. The summed E-state index contributed by atoms with van der Waals surface area (Å²) in [7, 11) is 1.83. The molecule has 5 heteroatoms. The van der Waals surface area contributed by atoms with Crippen LogP contribution in [0.2, 0.25) is 0 Å². The van der Waals surface area contributed by atoms with Crippen LogP contribution in [0.3, 0.4) is 0 Å². The third kappa shape index (κ3) is 2.03. The van der Waals surface area contributed by atoms with Crippen molar-refractivity contribution in [3.8, 4) is 0 Å². The van der Waals surface area contributed by atoms with E-state index in [1.165, 1.54) is 0 Å². The number of aromatic nitrogens is 3. The van der Waals surface area contributed by atoms with Crippen LogP contribution in [0.25, 0.3) is 0 Å². The van der Waals surface area contributed by atoms with Crippen LogP contribution in [0.5, 0.6) is 0 Å². The molecule has 1 heterocycles. The van der Waals surface area contributed by atoms with Crippen molar-refractivity contribution in [3.05, 3.63) is 12.2 Å². The molecule has 1 N–H and O–H groups in total. The molecule has 74 valence electrons. The normalized spacial score (nSPS) is 14.5. The minimum atomic E-state index is -0.588. The maximum absolute atomic E-state index is 9.97. The fraction of sp³-hybridized carbons (Fsp3) is 0.750. The maximum atomic E-state index is 9.97. The van der Waals surface area contributed by atoms with Crippen molar-refractivity contribution in [3.63, 3.8) is 0 Å². The molecule has 1 unspecified atom stereocenters. The van der Waals surface area contributed by atoms with E-state index < -0.39 is 6.10 Å². The molecule has 0 spiro atoms. The Hall–Kier alpha value is -0.550. The Balaban J connectivity index is 2.91. The van der Waals surface area contributed by atoms with Crippen molar-refractivity contribution >= 4 is 11.8 Å². The molecular formula is C8H15N3OS. The number of rotatable bonds is 3. The van der Waals surface area contributed by atoms with Gasteiger partial charge >= 0.3 is 0 Å². The molecule has 0 aliphatic heterocycles. The first-order valence-electron chi connectivity index (χ1n) is 4.06. The van der Waals surface area contributed by atoms with Gasteiger partial charge in [-0.1, -0.05) is 0 Å². The molecule has 0 aromatic carbocycles. The molecule has 0 radical (unpaired) electrons. The van der Waals surface area contributed by atoms with E-state index in [0.29, 0.717) is 5.82 Å². The van der Waals surface area contributed by atoms with Gasteiger partial charge in [-0.05, 0) is 20.1 Å². The highest BCUT2D eigenvalue weighted by Crippen LogP contribution is 2.34. The lowest BCUT2D eigenvalue weighted by Crippen LogP contribution is -2.27. The van der Waals surface area contributed by atoms with Gasteiger partial charge < -0.3 is 9.67 Å². The van der Waals surface area contributed by atoms with E-state index in [4.69, 9.17) is 0 Å². The highest BCUT2D eigenvalue weighted by atomic mass is 32.2. The molecule has 0 saturated heterocycles. The summed E-state index contributed by atoms with van der Waals surface area (Å²) >= 11 is 1.61. The average Bonchev–Trinajstić information content (AvgIpc) is 2.50. The summed E-state index contributed by atoms with van der Waals surface area (Å²) in [5, 5.41) is 17.6. The fourth-order valence-electron chi connectivity index (χ4n) is 0.962. The van der Waals surface area contributed by atoms with Gasteiger partial charge in [0.25, 0.3) is 0 Å². The van der Waals surface area contributed by atoms with Crippen LogP contribution >= 0.6 is 11.8 Å². The minimum absolute atomic E-state index is 0.235. The van der Waals surface area contributed by atoms with Crippen LogP contribution in [0, 0.1) is 0 Å². The molecule has 0 aliphatic carbocycles. The number of aliphatic hydroxyl groups excluding tert-OH is 1. The second-order valence-corrected chi connectivity index (χ2v) is 4.97. The van der Waals surface area contributed by atoms with Gasteiger partial charge in [0.1, 0.15) is 12.4 Å². The number of hydrogen-bond donors (Lipinski definition) is 1. The minimum Gasteiger partial charge on any atom is -0.384 e.